The number of H-pyrrole nitrogens is 4. The Morgan fingerprint density at radius 3 is 1.07 bits per heavy atom. The second kappa shape index (κ2) is 44.9. The molecule has 20 aromatic heterocycles. The van der Waals surface area contributed by atoms with Gasteiger partial charge in [0.2, 0.25) is 29.5 Å². The molecule has 48 heteroatoms. The Labute approximate surface area is 833 Å². The van der Waals surface area contributed by atoms with Gasteiger partial charge in [-0.3, -0.25) is 97.4 Å². The van der Waals surface area contributed by atoms with Gasteiger partial charge in [-0.25, -0.2) is 24.9 Å². The van der Waals surface area contributed by atoms with Crippen molar-refractivity contribution in [1.82, 2.24) is 149 Å². The minimum atomic E-state index is -0.412. The van der Waals surface area contributed by atoms with Crippen molar-refractivity contribution in [3.8, 4) is 114 Å². The molecule has 4 fully saturated rings. The van der Waals surface area contributed by atoms with Crippen molar-refractivity contribution in [2.75, 3.05) is 59.6 Å². The van der Waals surface area contributed by atoms with Crippen LogP contribution in [-0.2, 0) is 34.3 Å². The van der Waals surface area contributed by atoms with Gasteiger partial charge in [0.25, 0.3) is 29.5 Å². The first-order chi connectivity index (χ1) is 72.2. The minimum absolute atomic E-state index is 0.148. The Bertz CT molecular complexity index is 7710. The molecule has 744 valence electrons. The van der Waals surface area contributed by atoms with E-state index in [1.165, 1.54) is 50.6 Å². The van der Waals surface area contributed by atoms with Crippen molar-refractivity contribution < 1.29 is 60.3 Å². The zero-order valence-corrected chi connectivity index (χ0v) is 79.2. The predicted molar refractivity (Wildman–Crippen MR) is 527 cm³/mol. The van der Waals surface area contributed by atoms with E-state index in [1.807, 2.05) is 148 Å². The smallest absolute Gasteiger partial charge is 0.277 e. The van der Waals surface area contributed by atoms with Gasteiger partial charge in [0.05, 0.1) is 153 Å². The van der Waals surface area contributed by atoms with Gasteiger partial charge in [0, 0.05) is 133 Å². The molecule has 0 radical (unpaired) electrons. The number of amides is 5. The van der Waals surface area contributed by atoms with E-state index in [9.17, 15) is 24.0 Å². The molecule has 4 aliphatic rings. The molecule has 48 nitrogen and oxygen atoms in total. The molecule has 0 spiro atoms. The number of hydrogen-bond acceptors (Lipinski definition) is 33. The van der Waals surface area contributed by atoms with E-state index in [0.29, 0.717) is 183 Å². The zero-order chi connectivity index (χ0) is 100. The van der Waals surface area contributed by atoms with E-state index in [0.717, 1.165) is 56.6 Å². The number of nitrogens with zero attached hydrogens (tertiary/aromatic N) is 26. The number of oxazole rings is 5. The van der Waals surface area contributed by atoms with Crippen LogP contribution in [0.1, 0.15) is 142 Å². The topological polar surface area (TPSA) is 589 Å². The van der Waals surface area contributed by atoms with Gasteiger partial charge in [-0.15, -0.1) is 0 Å². The molecule has 21 heterocycles. The Morgan fingerprint density at radius 2 is 0.735 bits per heavy atom. The van der Waals surface area contributed by atoms with Crippen molar-refractivity contribution in [3.05, 3.63) is 275 Å². The van der Waals surface area contributed by atoms with Crippen molar-refractivity contribution in [2.24, 2.45) is 13.0 Å². The number of rotatable bonds is 31. The molecule has 24 rings (SSSR count). The number of aromatic nitrogens is 30. The summed E-state index contributed by atoms with van der Waals surface area (Å²) in [6.07, 6.45) is 50.2. The summed E-state index contributed by atoms with van der Waals surface area (Å²) < 4.78 is 54.5. The Kier molecular flexibility index (Phi) is 29.2. The molecule has 0 aromatic carbocycles. The second-order valence-electron chi connectivity index (χ2n) is 34.0. The van der Waals surface area contributed by atoms with Gasteiger partial charge >= 0.3 is 0 Å². The van der Waals surface area contributed by atoms with Crippen LogP contribution in [0.2, 0.25) is 0 Å². The Hall–Kier alpha value is -18.9. The molecule has 5 amide bonds. The molecule has 1 saturated heterocycles. The second-order valence-corrected chi connectivity index (χ2v) is 34.0. The lowest BCUT2D eigenvalue weighted by atomic mass is 9.89. The molecule has 0 unspecified atom stereocenters. The number of nitrogens with one attached hydrogen (secondary N) is 9. The first kappa shape index (κ1) is 95.7. The third kappa shape index (κ3) is 23.3. The van der Waals surface area contributed by atoms with E-state index in [1.54, 1.807) is 116 Å². The molecule has 1 aliphatic heterocycles. The molecule has 147 heavy (non-hydrogen) atoms. The molecule has 0 atom stereocenters. The number of anilines is 5. The van der Waals surface area contributed by atoms with Gasteiger partial charge in [0.1, 0.15) is 59.8 Å². The lowest BCUT2D eigenvalue weighted by Gasteiger charge is -2.34. The third-order valence-corrected chi connectivity index (χ3v) is 23.8. The number of pyridine rings is 5. The number of carbonyl (C=O) groups excluding carboxylic acids is 5. The summed E-state index contributed by atoms with van der Waals surface area (Å²) in [5, 5.41) is 68.0. The third-order valence-electron chi connectivity index (χ3n) is 23.8. The van der Waals surface area contributed by atoms with E-state index in [4.69, 9.17) is 46.5 Å². The van der Waals surface area contributed by atoms with E-state index in [2.05, 4.69) is 138 Å². The van der Waals surface area contributed by atoms with E-state index < -0.39 is 17.7 Å². The van der Waals surface area contributed by atoms with Gasteiger partial charge in [-0.05, 0) is 138 Å². The van der Waals surface area contributed by atoms with Crippen LogP contribution in [0.15, 0.2) is 268 Å². The summed E-state index contributed by atoms with van der Waals surface area (Å²) in [6.45, 7) is 8.63. The highest BCUT2D eigenvalue weighted by atomic mass is 16.5. The van der Waals surface area contributed by atoms with Crippen LogP contribution in [0.3, 0.4) is 0 Å². The number of ether oxygens (including phenoxy) is 3. The fourth-order valence-electron chi connectivity index (χ4n) is 15.8. The maximum atomic E-state index is 12.8. The van der Waals surface area contributed by atoms with Gasteiger partial charge in [-0.1, -0.05) is 30.3 Å². The number of hydrogen-bond donors (Lipinski definition) is 9. The van der Waals surface area contributed by atoms with Crippen molar-refractivity contribution in [2.45, 2.75) is 109 Å². The number of carbonyl (C=O) groups is 5. The molecule has 3 saturated carbocycles. The maximum Gasteiger partial charge on any atom is 0.277 e. The Balaban J connectivity index is 0.000000112. The van der Waals surface area contributed by atoms with E-state index in [-0.39, 0.29) is 58.5 Å². The summed E-state index contributed by atoms with van der Waals surface area (Å²) in [5.74, 6) is 0.412. The first-order valence-electron chi connectivity index (χ1n) is 47.2. The molecule has 20 aromatic rings. The van der Waals surface area contributed by atoms with Crippen LogP contribution in [0, 0.1) is 5.92 Å². The number of aryl methyl sites for hydroxylation is 1. The van der Waals surface area contributed by atoms with Crippen LogP contribution in [0.25, 0.3) is 114 Å². The van der Waals surface area contributed by atoms with Crippen LogP contribution >= 0.6 is 0 Å². The molecule has 0 bridgehead atoms. The summed E-state index contributed by atoms with van der Waals surface area (Å²) in [5.41, 5.74) is 13.4. The SMILES string of the molecule is CCOC1CC(n2cc(NC(=O)c3coc(-c4cn[nH]c4)n3)c(-c3ccccn3)n2)C1.CCOCCn1cc(NC(=O)c2coc(-c3cn[nH]c3)n2)c(-c2ccccn2)n1.Cn1cc(NC(=O)c2coc(-c3cnn(CC4CC4)c3)n2)c(-c2ccccn2)n1.O=C(Nc1cn(C2CCC2)nc1-c1ccccn1)c1coc(-c2cn[nH]c2)n1.O=C(Nc1cn(C2CCOCC2)nc1-c1ccccn1)c1coc(-c2cn[nH]c2)n1. The normalized spacial score (nSPS) is 14.3. The summed E-state index contributed by atoms with van der Waals surface area (Å²) in [4.78, 5) is 107. The van der Waals surface area contributed by atoms with Gasteiger partial charge < -0.3 is 62.9 Å². The minimum Gasteiger partial charge on any atom is -0.444 e. The lowest BCUT2D eigenvalue weighted by Crippen LogP contribution is -2.33. The average molecular weight is 1980 g/mol. The largest absolute Gasteiger partial charge is 0.444 e. The van der Waals surface area contributed by atoms with Crippen molar-refractivity contribution >= 4 is 58.0 Å². The fourth-order valence-corrected chi connectivity index (χ4v) is 15.8. The lowest BCUT2D eigenvalue weighted by molar-refractivity contribution is -0.0226. The summed E-state index contributed by atoms with van der Waals surface area (Å²) in [6, 6.07) is 28.6. The molecule has 9 N–H and O–H groups in total. The van der Waals surface area contributed by atoms with Crippen molar-refractivity contribution in [3.63, 3.8) is 0 Å². The van der Waals surface area contributed by atoms with Crippen LogP contribution in [0.4, 0.5) is 28.4 Å². The van der Waals surface area contributed by atoms with Gasteiger partial charge in [-0.2, -0.15) is 51.0 Å². The highest BCUT2D eigenvalue weighted by Gasteiger charge is 2.35. The van der Waals surface area contributed by atoms with Crippen LogP contribution in [-0.4, -0.2) is 218 Å². The average Bonchev–Trinajstić information content (AvgIpc) is 1.64. The number of aromatic amines is 4. The van der Waals surface area contributed by atoms with E-state index >= 15 is 0 Å². The molecular formula is C99H95N35O13. The quantitative estimate of drug-likeness (QED) is 0.0182. The van der Waals surface area contributed by atoms with Crippen LogP contribution in [0.5, 0.6) is 0 Å². The van der Waals surface area contributed by atoms with Crippen molar-refractivity contribution in [1.29, 1.82) is 0 Å². The first-order valence-corrected chi connectivity index (χ1v) is 47.2. The highest BCUT2D eigenvalue weighted by molar-refractivity contribution is 6.08. The summed E-state index contributed by atoms with van der Waals surface area (Å²) >= 11 is 0. The highest BCUT2D eigenvalue weighted by Crippen LogP contribution is 2.40. The molecule has 3 aliphatic carbocycles. The Morgan fingerprint density at radius 1 is 0.381 bits per heavy atom. The predicted octanol–water partition coefficient (Wildman–Crippen LogP) is 15.2. The van der Waals surface area contributed by atoms with Gasteiger partial charge in [0.15, 0.2) is 28.5 Å². The standard InChI is InChI=1S/C21H21N7O3.C20H19N7O3.C20H19N7O2.C19H19N7O3.C19H17N7O2/c1-2-30-15-7-14(8-15)28-11-17(19(27-28)16-5-3-4-6-22-16)25-20(29)18-12-31-21(26-18)13-9-23-24-10-13;28-19(17-12-30-20(25-17)13-9-22-23-10-13)24-16-11-27(14-4-7-29-8-5-14)26-18(16)15-3-1-2-6-21-15;1-26-11-16(18(25-26)15-4-2-3-7-21-15)23-19(28)17-12-29-20(24-17)14-8-22-27(10-14)9-13-5-6-13;1-2-28-8-7-26-11-15(17(25-26)14-5-3-4-6-20-14)23-18(27)16-12-29-19(24-16)13-9-21-22-10-13;27-18(16-11-28-19(24-16)12-8-21-22-9-12)23-15-10-26(13-4-3-5-13)25-17(15)14-6-1-2-7-20-14/h3-6,9-12,14-15H,2,7-8H2,1H3,(H,23,24)(H,25,29);1-3,6,9-12,14H,4-5,7-8H2,(H,22,23)(H,24,28);2-4,7-8,10-13H,5-6,9H2,1H3,(H,23,28);3-6,9-12H,2,7-8H2,1H3,(H,21,22)(H,23,27);1-2,6-11,13H,3-5H2,(H,21,22)(H,23,27). The maximum absolute atomic E-state index is 12.8. The zero-order valence-electron chi connectivity index (χ0n) is 79.2. The fraction of sp³-hybridized carbons (Fsp3) is 0.242. The molecular weight excluding hydrogens is 1890 g/mol. The van der Waals surface area contributed by atoms with Crippen LogP contribution < -0.4 is 26.6 Å². The monoisotopic (exact) mass is 1980 g/mol. The summed E-state index contributed by atoms with van der Waals surface area (Å²) in [7, 11) is 1.79.